The van der Waals surface area contributed by atoms with E-state index in [1.165, 1.54) is 0 Å². The van der Waals surface area contributed by atoms with E-state index in [1.807, 2.05) is 62.4 Å². The molecule has 4 rings (SSSR count). The first-order chi connectivity index (χ1) is 15.0. The molecular weight excluding hydrogens is 392 g/mol. The summed E-state index contributed by atoms with van der Waals surface area (Å²) in [6.07, 6.45) is 0.512. The molecule has 6 heteroatoms. The summed E-state index contributed by atoms with van der Waals surface area (Å²) >= 11 is 0. The van der Waals surface area contributed by atoms with Crippen LogP contribution in [0.4, 0.5) is 0 Å². The summed E-state index contributed by atoms with van der Waals surface area (Å²) in [6.45, 7) is 4.57. The Morgan fingerprint density at radius 1 is 1.03 bits per heavy atom. The van der Waals surface area contributed by atoms with Gasteiger partial charge in [0, 0.05) is 6.42 Å². The van der Waals surface area contributed by atoms with E-state index in [-0.39, 0.29) is 17.7 Å². The lowest BCUT2D eigenvalue weighted by molar-refractivity contribution is 0.0880. The molecule has 2 amide bonds. The molecule has 3 aromatic carbocycles. The molecule has 0 bridgehead atoms. The van der Waals surface area contributed by atoms with Gasteiger partial charge in [0.15, 0.2) is 11.5 Å². The molecule has 0 aliphatic carbocycles. The van der Waals surface area contributed by atoms with Gasteiger partial charge in [0.1, 0.15) is 0 Å². The highest BCUT2D eigenvalue weighted by Crippen LogP contribution is 2.31. The van der Waals surface area contributed by atoms with Crippen LogP contribution in [0.3, 0.4) is 0 Å². The third kappa shape index (κ3) is 4.67. The van der Waals surface area contributed by atoms with Crippen LogP contribution >= 0.6 is 0 Å². The van der Waals surface area contributed by atoms with Crippen LogP contribution in [-0.4, -0.2) is 25.5 Å². The van der Waals surface area contributed by atoms with E-state index in [0.717, 1.165) is 27.8 Å². The number of hydrogen-bond donors (Lipinski definition) is 1. The maximum atomic E-state index is 11.6. The Hall–Kier alpha value is -3.85. The number of amides is 2. The number of nitriles is 1. The lowest BCUT2D eigenvalue weighted by Gasteiger charge is -2.13. The van der Waals surface area contributed by atoms with Gasteiger partial charge in [-0.05, 0) is 47.4 Å². The van der Waals surface area contributed by atoms with Crippen molar-refractivity contribution in [1.82, 2.24) is 5.32 Å². The van der Waals surface area contributed by atoms with Gasteiger partial charge < -0.3 is 9.47 Å². The fraction of sp³-hybridized carbons (Fsp3) is 0.240. The number of imide groups is 1. The zero-order chi connectivity index (χ0) is 22.4. The quantitative estimate of drug-likeness (QED) is 0.602. The Morgan fingerprint density at radius 3 is 2.52 bits per heavy atom. The number of nitrogens with one attached hydrogen (secondary N) is 1. The molecule has 0 fully saturated rings. The molecular formula is C25H24N2O4. The normalized spacial score (nSPS) is 12.8. The zero-order valence-corrected chi connectivity index (χ0v) is 17.8. The molecule has 0 saturated carbocycles. The second kappa shape index (κ2) is 9.77. The Balaban J connectivity index is 0.000000176. The van der Waals surface area contributed by atoms with Gasteiger partial charge in [0.05, 0.1) is 30.9 Å². The summed E-state index contributed by atoms with van der Waals surface area (Å²) in [4.78, 5) is 22.9. The van der Waals surface area contributed by atoms with Crippen molar-refractivity contribution in [2.24, 2.45) is 0 Å². The van der Waals surface area contributed by atoms with Crippen molar-refractivity contribution in [3.05, 3.63) is 71.3 Å². The molecule has 1 unspecified atom stereocenters. The van der Waals surface area contributed by atoms with Crippen LogP contribution in [0, 0.1) is 11.3 Å². The van der Waals surface area contributed by atoms with Crippen LogP contribution in [-0.2, 0) is 0 Å². The van der Waals surface area contributed by atoms with E-state index >= 15 is 0 Å². The Bertz CT molecular complexity index is 1160. The number of methoxy groups -OCH3 is 1. The van der Waals surface area contributed by atoms with E-state index < -0.39 is 0 Å². The summed E-state index contributed by atoms with van der Waals surface area (Å²) in [5.41, 5.74) is 2.07. The maximum Gasteiger partial charge on any atom is 0.259 e. The first-order valence-corrected chi connectivity index (χ1v) is 10.0. The lowest BCUT2D eigenvalue weighted by Crippen LogP contribution is -2.19. The first-order valence-electron chi connectivity index (χ1n) is 10.0. The number of benzene rings is 3. The third-order valence-corrected chi connectivity index (χ3v) is 5.08. The molecule has 0 aromatic heterocycles. The minimum absolute atomic E-state index is 0.218. The molecule has 3 aromatic rings. The minimum Gasteiger partial charge on any atom is -0.493 e. The molecule has 6 nitrogen and oxygen atoms in total. The highest BCUT2D eigenvalue weighted by atomic mass is 16.5. The molecule has 158 valence electrons. The number of ether oxygens (including phenoxy) is 2. The molecule has 0 spiro atoms. The summed E-state index contributed by atoms with van der Waals surface area (Å²) in [7, 11) is 1.62. The highest BCUT2D eigenvalue weighted by Gasteiger charge is 2.28. The van der Waals surface area contributed by atoms with E-state index in [9.17, 15) is 9.59 Å². The van der Waals surface area contributed by atoms with Crippen molar-refractivity contribution >= 4 is 22.6 Å². The fourth-order valence-electron chi connectivity index (χ4n) is 3.46. The van der Waals surface area contributed by atoms with E-state index in [2.05, 4.69) is 11.4 Å². The highest BCUT2D eigenvalue weighted by molar-refractivity contribution is 6.26. The molecule has 31 heavy (non-hydrogen) atoms. The zero-order valence-electron chi connectivity index (χ0n) is 17.8. The van der Waals surface area contributed by atoms with Crippen LogP contribution in [0.2, 0.25) is 0 Å². The molecule has 1 aliphatic heterocycles. The van der Waals surface area contributed by atoms with Crippen LogP contribution in [0.5, 0.6) is 11.5 Å². The third-order valence-electron chi connectivity index (χ3n) is 5.08. The predicted molar refractivity (Wildman–Crippen MR) is 119 cm³/mol. The minimum atomic E-state index is -0.305. The number of carbonyl (C=O) groups excluding carboxylic acids is 2. The van der Waals surface area contributed by atoms with Gasteiger partial charge in [-0.3, -0.25) is 14.9 Å². The van der Waals surface area contributed by atoms with E-state index in [0.29, 0.717) is 24.2 Å². The molecule has 1 aliphatic rings. The fourth-order valence-corrected chi connectivity index (χ4v) is 3.46. The van der Waals surface area contributed by atoms with Crippen molar-refractivity contribution in [3.63, 3.8) is 0 Å². The van der Waals surface area contributed by atoms with Gasteiger partial charge >= 0.3 is 0 Å². The topological polar surface area (TPSA) is 88.4 Å². The van der Waals surface area contributed by atoms with Crippen LogP contribution in [0.25, 0.3) is 10.8 Å². The average molecular weight is 416 g/mol. The second-order valence-electron chi connectivity index (χ2n) is 7.10. The number of nitrogens with zero attached hydrogens (tertiary/aromatic N) is 1. The average Bonchev–Trinajstić information content (AvgIpc) is 3.08. The molecule has 1 heterocycles. The second-order valence-corrected chi connectivity index (χ2v) is 7.10. The summed E-state index contributed by atoms with van der Waals surface area (Å²) in [6, 6.07) is 19.1. The molecule has 1 N–H and O–H groups in total. The molecule has 0 saturated heterocycles. The van der Waals surface area contributed by atoms with E-state index in [4.69, 9.17) is 14.7 Å². The van der Waals surface area contributed by atoms with Crippen LogP contribution in [0.1, 0.15) is 52.5 Å². The monoisotopic (exact) mass is 416 g/mol. The Labute approximate surface area is 181 Å². The SMILES string of the molecule is CCOc1cc(C(C)CC#N)ccc1OC.O=C1NC(=O)c2c1ccc1ccccc21. The summed E-state index contributed by atoms with van der Waals surface area (Å²) in [5, 5.41) is 12.8. The number of hydrogen-bond acceptors (Lipinski definition) is 5. The van der Waals surface area contributed by atoms with Crippen LogP contribution in [0.15, 0.2) is 54.6 Å². The Morgan fingerprint density at radius 2 is 1.81 bits per heavy atom. The summed E-state index contributed by atoms with van der Waals surface area (Å²) in [5.74, 6) is 1.09. The number of rotatable bonds is 5. The standard InChI is InChI=1S/C13H17NO2.C12H7NO2/c1-4-16-13-9-11(10(2)7-8-14)5-6-12(13)15-3;14-11-9-6-5-7-3-1-2-4-8(7)10(9)12(15)13-11/h5-6,9-10H,4,7H2,1-3H3;1-6H,(H,13,14,15). The van der Waals surface area contributed by atoms with Crippen LogP contribution < -0.4 is 14.8 Å². The lowest BCUT2D eigenvalue weighted by atomic mass is 9.98. The Kier molecular flexibility index (Phi) is 6.88. The van der Waals surface area contributed by atoms with Gasteiger partial charge in [0.25, 0.3) is 11.8 Å². The van der Waals surface area contributed by atoms with Gasteiger partial charge in [-0.1, -0.05) is 43.3 Å². The molecule has 1 atom stereocenters. The number of fused-ring (bicyclic) bond motifs is 3. The smallest absolute Gasteiger partial charge is 0.259 e. The molecule has 0 radical (unpaired) electrons. The van der Waals surface area contributed by atoms with Crippen molar-refractivity contribution in [1.29, 1.82) is 5.26 Å². The van der Waals surface area contributed by atoms with Crippen molar-refractivity contribution < 1.29 is 19.1 Å². The first kappa shape index (κ1) is 21.8. The van der Waals surface area contributed by atoms with Crippen molar-refractivity contribution in [3.8, 4) is 17.6 Å². The number of carbonyl (C=O) groups is 2. The van der Waals surface area contributed by atoms with Gasteiger partial charge in [-0.2, -0.15) is 5.26 Å². The predicted octanol–water partition coefficient (Wildman–Crippen LogP) is 4.83. The van der Waals surface area contributed by atoms with Gasteiger partial charge in [-0.15, -0.1) is 0 Å². The van der Waals surface area contributed by atoms with Crippen molar-refractivity contribution in [2.75, 3.05) is 13.7 Å². The van der Waals surface area contributed by atoms with Crippen molar-refractivity contribution in [2.45, 2.75) is 26.2 Å². The largest absolute Gasteiger partial charge is 0.493 e. The van der Waals surface area contributed by atoms with Gasteiger partial charge in [0.2, 0.25) is 0 Å². The maximum absolute atomic E-state index is 11.6. The van der Waals surface area contributed by atoms with E-state index in [1.54, 1.807) is 13.2 Å². The summed E-state index contributed by atoms with van der Waals surface area (Å²) < 4.78 is 10.7. The van der Waals surface area contributed by atoms with Gasteiger partial charge in [-0.25, -0.2) is 0 Å².